The molecule has 1 N–H and O–H groups in total. The van der Waals surface area contributed by atoms with Crippen molar-refractivity contribution in [1.82, 2.24) is 33.9 Å². The molecule has 0 amide bonds. The van der Waals surface area contributed by atoms with Crippen molar-refractivity contribution in [2.45, 2.75) is 12.3 Å². The minimum atomic E-state index is -4.64. The molecule has 5 aromatic rings. The van der Waals surface area contributed by atoms with Gasteiger partial charge in [-0.3, -0.25) is 8.97 Å². The Kier molecular flexibility index (Phi) is 5.01. The van der Waals surface area contributed by atoms with Crippen LogP contribution in [-0.2, 0) is 13.2 Å². The zero-order valence-corrected chi connectivity index (χ0v) is 17.5. The Bertz CT molecular complexity index is 1550. The van der Waals surface area contributed by atoms with Gasteiger partial charge in [-0.05, 0) is 47.5 Å². The van der Waals surface area contributed by atoms with Crippen molar-refractivity contribution in [3.8, 4) is 16.8 Å². The van der Waals surface area contributed by atoms with E-state index in [1.165, 1.54) is 37.1 Å². The third-order valence-electron chi connectivity index (χ3n) is 5.45. The van der Waals surface area contributed by atoms with E-state index in [0.29, 0.717) is 16.7 Å². The molecule has 4 aromatic heterocycles. The van der Waals surface area contributed by atoms with Gasteiger partial charge in [0.25, 0.3) is 0 Å². The summed E-state index contributed by atoms with van der Waals surface area (Å²) >= 11 is 0. The predicted molar refractivity (Wildman–Crippen MR) is 114 cm³/mol. The molecule has 0 fully saturated rings. The summed E-state index contributed by atoms with van der Waals surface area (Å²) in [5.41, 5.74) is -0.0832. The van der Waals surface area contributed by atoms with Gasteiger partial charge in [0.1, 0.15) is 12.4 Å². The number of hydrogen-bond donors (Lipinski definition) is 1. The number of rotatable bonds is 4. The molecular weight excluding hydrogens is 451 g/mol. The van der Waals surface area contributed by atoms with E-state index in [4.69, 9.17) is 0 Å². The molecule has 0 aliphatic carbocycles. The summed E-state index contributed by atoms with van der Waals surface area (Å²) in [6.45, 7) is 0. The number of hydrogen-bond acceptors (Lipinski definition) is 6. The van der Waals surface area contributed by atoms with Crippen LogP contribution in [-0.4, -0.2) is 39.0 Å². The van der Waals surface area contributed by atoms with Crippen LogP contribution in [0.1, 0.15) is 23.1 Å². The maximum Gasteiger partial charge on any atom is 0.418 e. The average Bonchev–Trinajstić information content (AvgIpc) is 3.41. The van der Waals surface area contributed by atoms with Crippen LogP contribution < -0.4 is 5.69 Å². The second kappa shape index (κ2) is 7.92. The Morgan fingerprint density at radius 3 is 2.56 bits per heavy atom. The van der Waals surface area contributed by atoms with E-state index in [-0.39, 0.29) is 17.0 Å². The van der Waals surface area contributed by atoms with Crippen molar-refractivity contribution in [2.24, 2.45) is 7.05 Å². The fraction of sp³-hybridized carbons (Fsp3) is 0.136. The fourth-order valence-electron chi connectivity index (χ4n) is 3.79. The molecule has 0 aliphatic heterocycles. The minimum Gasteiger partial charge on any atom is -0.380 e. The van der Waals surface area contributed by atoms with E-state index in [9.17, 15) is 23.1 Å². The fourth-order valence-corrected chi connectivity index (χ4v) is 3.79. The maximum absolute atomic E-state index is 13.5. The van der Waals surface area contributed by atoms with Crippen LogP contribution in [0.2, 0.25) is 0 Å². The van der Waals surface area contributed by atoms with E-state index in [1.54, 1.807) is 29.8 Å². The molecule has 0 saturated carbocycles. The third kappa shape index (κ3) is 3.63. The number of aliphatic hydroxyl groups is 1. The largest absolute Gasteiger partial charge is 0.418 e. The van der Waals surface area contributed by atoms with Gasteiger partial charge in [0.05, 0.1) is 29.2 Å². The average molecular weight is 467 g/mol. The number of aromatic nitrogens is 7. The lowest BCUT2D eigenvalue weighted by molar-refractivity contribution is -0.136. The smallest absolute Gasteiger partial charge is 0.380 e. The third-order valence-corrected chi connectivity index (χ3v) is 5.45. The Morgan fingerprint density at radius 2 is 1.88 bits per heavy atom. The topological polar surface area (TPSA) is 103 Å². The summed E-state index contributed by atoms with van der Waals surface area (Å²) in [5.74, 6) is 0.254. The lowest BCUT2D eigenvalue weighted by Crippen LogP contribution is -2.19. The Morgan fingerprint density at radius 1 is 1.06 bits per heavy atom. The number of aryl methyl sites for hydroxylation is 1. The van der Waals surface area contributed by atoms with E-state index in [1.807, 2.05) is 0 Å². The van der Waals surface area contributed by atoms with Gasteiger partial charge in [-0.25, -0.2) is 4.79 Å². The Balaban J connectivity index is 1.75. The first-order valence-electron chi connectivity index (χ1n) is 9.98. The van der Waals surface area contributed by atoms with E-state index < -0.39 is 23.5 Å². The first-order valence-corrected chi connectivity index (χ1v) is 9.98. The molecule has 172 valence electrons. The molecule has 0 unspecified atom stereocenters. The van der Waals surface area contributed by atoms with Gasteiger partial charge in [-0.1, -0.05) is 0 Å². The number of aliphatic hydroxyl groups excluding tert-OH is 1. The molecule has 34 heavy (non-hydrogen) atoms. The molecule has 1 aromatic carbocycles. The number of pyridine rings is 1. The lowest BCUT2D eigenvalue weighted by Gasteiger charge is -2.14. The highest BCUT2D eigenvalue weighted by molar-refractivity contribution is 5.67. The molecule has 0 aliphatic rings. The molecule has 5 rings (SSSR count). The van der Waals surface area contributed by atoms with Crippen LogP contribution in [0, 0.1) is 0 Å². The van der Waals surface area contributed by atoms with Gasteiger partial charge < -0.3 is 9.67 Å². The Hall–Kier alpha value is -4.32. The van der Waals surface area contributed by atoms with Gasteiger partial charge in [-0.15, -0.1) is 10.2 Å². The van der Waals surface area contributed by atoms with Crippen LogP contribution in [0.15, 0.2) is 72.3 Å². The maximum atomic E-state index is 13.5. The highest BCUT2D eigenvalue weighted by Gasteiger charge is 2.33. The molecule has 0 bridgehead atoms. The highest BCUT2D eigenvalue weighted by Crippen LogP contribution is 2.33. The molecule has 0 spiro atoms. The van der Waals surface area contributed by atoms with Crippen molar-refractivity contribution >= 4 is 5.52 Å². The monoisotopic (exact) mass is 467 g/mol. The van der Waals surface area contributed by atoms with Crippen molar-refractivity contribution < 1.29 is 18.3 Å². The number of benzene rings is 1. The van der Waals surface area contributed by atoms with Crippen LogP contribution >= 0.6 is 0 Å². The number of imidazole rings is 1. The zero-order valence-electron chi connectivity index (χ0n) is 17.5. The van der Waals surface area contributed by atoms with Crippen molar-refractivity contribution in [1.29, 1.82) is 0 Å². The number of fused-ring (bicyclic) bond motifs is 1. The molecule has 0 saturated heterocycles. The minimum absolute atomic E-state index is 0.254. The zero-order chi connectivity index (χ0) is 24.0. The quantitative estimate of drug-likeness (QED) is 0.436. The van der Waals surface area contributed by atoms with Crippen LogP contribution in [0.25, 0.3) is 22.3 Å². The number of nitrogens with zero attached hydrogens (tertiary/aromatic N) is 7. The summed E-state index contributed by atoms with van der Waals surface area (Å²) in [4.78, 5) is 13.1. The Labute approximate surface area is 189 Å². The first-order chi connectivity index (χ1) is 16.2. The molecule has 1 atom stereocenters. The van der Waals surface area contributed by atoms with Gasteiger partial charge in [0.15, 0.2) is 5.82 Å². The summed E-state index contributed by atoms with van der Waals surface area (Å²) in [6, 6.07) is 8.60. The lowest BCUT2D eigenvalue weighted by atomic mass is 10.00. The van der Waals surface area contributed by atoms with Gasteiger partial charge in [-0.2, -0.15) is 23.4 Å². The summed E-state index contributed by atoms with van der Waals surface area (Å²) in [5, 5.41) is 26.3. The standard InChI is InChI=1S/C22H16F3N7O2/c1-30-12-28-29-20(30)19(33)15-7-14(13-4-5-26-27-10-13)8-16(9-15)32-11-18-17(22(23,24)25)3-2-6-31(18)21(32)34/h2-12,19,33H,1H3/t19-/m0/s1. The molecule has 4 heterocycles. The van der Waals surface area contributed by atoms with Crippen molar-refractivity contribution in [3.63, 3.8) is 0 Å². The summed E-state index contributed by atoms with van der Waals surface area (Å²) < 4.78 is 44.2. The molecule has 12 heteroatoms. The molecule has 9 nitrogen and oxygen atoms in total. The normalized spacial score (nSPS) is 12.9. The summed E-state index contributed by atoms with van der Waals surface area (Å²) in [7, 11) is 1.67. The predicted octanol–water partition coefficient (Wildman–Crippen LogP) is 2.78. The van der Waals surface area contributed by atoms with Gasteiger partial charge in [0, 0.05) is 25.0 Å². The second-order valence-corrected chi connectivity index (χ2v) is 7.60. The molecular formula is C22H16F3N7O2. The van der Waals surface area contributed by atoms with Crippen LogP contribution in [0.3, 0.4) is 0 Å². The van der Waals surface area contributed by atoms with E-state index in [2.05, 4.69) is 20.4 Å². The first kappa shape index (κ1) is 21.5. The van der Waals surface area contributed by atoms with Gasteiger partial charge in [0.2, 0.25) is 0 Å². The van der Waals surface area contributed by atoms with Crippen molar-refractivity contribution in [2.75, 3.05) is 0 Å². The van der Waals surface area contributed by atoms with Crippen LogP contribution in [0.5, 0.6) is 0 Å². The van der Waals surface area contributed by atoms with E-state index >= 15 is 0 Å². The van der Waals surface area contributed by atoms with Crippen molar-refractivity contribution in [3.05, 3.63) is 94.9 Å². The highest BCUT2D eigenvalue weighted by atomic mass is 19.4. The van der Waals surface area contributed by atoms with E-state index in [0.717, 1.165) is 21.2 Å². The SMILES string of the molecule is Cn1cnnc1[C@@H](O)c1cc(-c2ccnnc2)cc(-n2cc3c(C(F)(F)F)cccn3c2=O)c1. The second-order valence-electron chi connectivity index (χ2n) is 7.60. The number of halogens is 3. The summed E-state index contributed by atoms with van der Waals surface area (Å²) in [6.07, 6.45) is 0.970. The number of alkyl halides is 3. The van der Waals surface area contributed by atoms with Crippen LogP contribution in [0.4, 0.5) is 13.2 Å². The molecule has 0 radical (unpaired) electrons. The van der Waals surface area contributed by atoms with Gasteiger partial charge >= 0.3 is 11.9 Å².